The molecule has 1 aromatic heterocycles. The zero-order valence-electron chi connectivity index (χ0n) is 10.4. The molecule has 0 radical (unpaired) electrons. The van der Waals surface area contributed by atoms with Gasteiger partial charge in [0.1, 0.15) is 0 Å². The van der Waals surface area contributed by atoms with Gasteiger partial charge in [0.05, 0.1) is 27.7 Å². The SMILES string of the molecule is CN(C(=O)CSc1cnc(N)s1)C1CCS(=O)(=O)C1. The number of hydrogen-bond acceptors (Lipinski definition) is 7. The first kappa shape index (κ1) is 14.6. The van der Waals surface area contributed by atoms with Crippen LogP contribution in [0.1, 0.15) is 6.42 Å². The van der Waals surface area contributed by atoms with E-state index in [-0.39, 0.29) is 29.2 Å². The van der Waals surface area contributed by atoms with Gasteiger partial charge in [-0.2, -0.15) is 0 Å². The van der Waals surface area contributed by atoms with Crippen LogP contribution in [0.4, 0.5) is 5.13 Å². The maximum Gasteiger partial charge on any atom is 0.232 e. The molecule has 1 saturated heterocycles. The fourth-order valence-electron chi connectivity index (χ4n) is 1.86. The van der Waals surface area contributed by atoms with Gasteiger partial charge in [-0.15, -0.1) is 11.8 Å². The quantitative estimate of drug-likeness (QED) is 0.810. The molecular weight excluding hydrogens is 306 g/mol. The molecule has 1 atom stereocenters. The van der Waals surface area contributed by atoms with Crippen LogP contribution in [0.2, 0.25) is 0 Å². The predicted octanol–water partition coefficient (Wildman–Crippen LogP) is 0.463. The Morgan fingerprint density at radius 2 is 2.42 bits per heavy atom. The van der Waals surface area contributed by atoms with Crippen LogP contribution in [0.5, 0.6) is 0 Å². The second-order valence-corrected chi connectivity index (χ2v) is 8.93. The van der Waals surface area contributed by atoms with Crippen molar-refractivity contribution in [2.45, 2.75) is 16.7 Å². The molecule has 6 nitrogen and oxygen atoms in total. The molecule has 1 aliphatic rings. The van der Waals surface area contributed by atoms with Crippen molar-refractivity contribution in [3.63, 3.8) is 0 Å². The summed E-state index contributed by atoms with van der Waals surface area (Å²) in [6.45, 7) is 0. The molecule has 1 aliphatic heterocycles. The molecule has 106 valence electrons. The van der Waals surface area contributed by atoms with E-state index in [2.05, 4.69) is 4.98 Å². The summed E-state index contributed by atoms with van der Waals surface area (Å²) >= 11 is 2.71. The lowest BCUT2D eigenvalue weighted by Crippen LogP contribution is -2.38. The minimum Gasteiger partial charge on any atom is -0.375 e. The molecule has 1 fully saturated rings. The average molecular weight is 321 g/mol. The number of rotatable bonds is 4. The lowest BCUT2D eigenvalue weighted by Gasteiger charge is -2.23. The van der Waals surface area contributed by atoms with Gasteiger partial charge >= 0.3 is 0 Å². The number of carbonyl (C=O) groups is 1. The second-order valence-electron chi connectivity index (χ2n) is 4.37. The molecule has 0 bridgehead atoms. The number of aromatic nitrogens is 1. The molecule has 19 heavy (non-hydrogen) atoms. The van der Waals surface area contributed by atoms with Crippen LogP contribution in [0.25, 0.3) is 0 Å². The Morgan fingerprint density at radius 1 is 1.68 bits per heavy atom. The van der Waals surface area contributed by atoms with Crippen molar-refractivity contribution in [3.8, 4) is 0 Å². The number of nitrogens with two attached hydrogens (primary N) is 1. The Labute approximate surface area is 120 Å². The predicted molar refractivity (Wildman–Crippen MR) is 77.1 cm³/mol. The Balaban J connectivity index is 1.86. The highest BCUT2D eigenvalue weighted by molar-refractivity contribution is 8.01. The number of hydrogen-bond donors (Lipinski definition) is 1. The summed E-state index contributed by atoms with van der Waals surface area (Å²) in [6.07, 6.45) is 2.17. The zero-order chi connectivity index (χ0) is 14.0. The molecule has 1 unspecified atom stereocenters. The molecule has 2 N–H and O–H groups in total. The molecular formula is C10H15N3O3S3. The second kappa shape index (κ2) is 5.68. The van der Waals surface area contributed by atoms with Gasteiger partial charge in [0.15, 0.2) is 15.0 Å². The third-order valence-corrected chi connectivity index (χ3v) is 6.75. The summed E-state index contributed by atoms with van der Waals surface area (Å²) in [5.41, 5.74) is 5.51. The van der Waals surface area contributed by atoms with E-state index in [1.54, 1.807) is 18.1 Å². The third-order valence-electron chi connectivity index (χ3n) is 2.99. The minimum absolute atomic E-state index is 0.0703. The Bertz CT molecular complexity index is 570. The Kier molecular flexibility index (Phi) is 4.36. The molecule has 0 spiro atoms. The van der Waals surface area contributed by atoms with Gasteiger partial charge in [-0.25, -0.2) is 13.4 Å². The Hall–Kier alpha value is -0.800. The van der Waals surface area contributed by atoms with Crippen molar-refractivity contribution in [2.24, 2.45) is 0 Å². The topological polar surface area (TPSA) is 93.4 Å². The van der Waals surface area contributed by atoms with Crippen molar-refractivity contribution in [2.75, 3.05) is 30.0 Å². The maximum absolute atomic E-state index is 12.0. The lowest BCUT2D eigenvalue weighted by molar-refractivity contribution is -0.128. The van der Waals surface area contributed by atoms with Crippen LogP contribution in [-0.2, 0) is 14.6 Å². The van der Waals surface area contributed by atoms with Gasteiger partial charge in [-0.3, -0.25) is 4.79 Å². The highest BCUT2D eigenvalue weighted by Crippen LogP contribution is 2.27. The number of sulfone groups is 1. The van der Waals surface area contributed by atoms with Gasteiger partial charge in [-0.1, -0.05) is 11.3 Å². The molecule has 0 saturated carbocycles. The number of anilines is 1. The van der Waals surface area contributed by atoms with E-state index in [4.69, 9.17) is 5.73 Å². The fraction of sp³-hybridized carbons (Fsp3) is 0.600. The van der Waals surface area contributed by atoms with E-state index < -0.39 is 9.84 Å². The van der Waals surface area contributed by atoms with Crippen molar-refractivity contribution in [1.29, 1.82) is 0 Å². The van der Waals surface area contributed by atoms with E-state index in [9.17, 15) is 13.2 Å². The highest BCUT2D eigenvalue weighted by Gasteiger charge is 2.32. The van der Waals surface area contributed by atoms with Crippen molar-refractivity contribution < 1.29 is 13.2 Å². The van der Waals surface area contributed by atoms with Gasteiger partial charge in [-0.05, 0) is 6.42 Å². The van der Waals surface area contributed by atoms with Crippen molar-refractivity contribution in [3.05, 3.63) is 6.20 Å². The molecule has 0 aliphatic carbocycles. The first-order valence-electron chi connectivity index (χ1n) is 5.67. The lowest BCUT2D eigenvalue weighted by atomic mass is 10.2. The van der Waals surface area contributed by atoms with Crippen LogP contribution < -0.4 is 5.73 Å². The zero-order valence-corrected chi connectivity index (χ0v) is 12.9. The summed E-state index contributed by atoms with van der Waals surface area (Å²) in [4.78, 5) is 17.4. The summed E-state index contributed by atoms with van der Waals surface area (Å²) in [6, 6.07) is -0.190. The standard InChI is InChI=1S/C10H15N3O3S3/c1-13(7-2-3-19(15,16)6-7)8(14)5-17-9-4-12-10(11)18-9/h4,7H,2-3,5-6H2,1H3,(H2,11,12). The highest BCUT2D eigenvalue weighted by atomic mass is 32.2. The molecule has 1 amide bonds. The van der Waals surface area contributed by atoms with E-state index in [1.165, 1.54) is 23.1 Å². The summed E-state index contributed by atoms with van der Waals surface area (Å²) < 4.78 is 23.7. The van der Waals surface area contributed by atoms with E-state index >= 15 is 0 Å². The normalized spacial score (nSPS) is 21.4. The van der Waals surface area contributed by atoms with Crippen LogP contribution in [0.15, 0.2) is 10.4 Å². The molecule has 2 rings (SSSR count). The average Bonchev–Trinajstić information content (AvgIpc) is 2.91. The van der Waals surface area contributed by atoms with Gasteiger partial charge < -0.3 is 10.6 Å². The monoisotopic (exact) mass is 321 g/mol. The Morgan fingerprint density at radius 3 is 2.95 bits per heavy atom. The number of nitrogens with zero attached hydrogens (tertiary/aromatic N) is 2. The maximum atomic E-state index is 12.0. The summed E-state index contributed by atoms with van der Waals surface area (Å²) in [7, 11) is -1.30. The third kappa shape index (κ3) is 3.83. The molecule has 0 aromatic carbocycles. The van der Waals surface area contributed by atoms with Gasteiger partial charge in [0.25, 0.3) is 0 Å². The van der Waals surface area contributed by atoms with Crippen molar-refractivity contribution >= 4 is 44.0 Å². The van der Waals surface area contributed by atoms with Gasteiger partial charge in [0, 0.05) is 13.1 Å². The van der Waals surface area contributed by atoms with Gasteiger partial charge in [0.2, 0.25) is 5.91 Å². The largest absolute Gasteiger partial charge is 0.375 e. The smallest absolute Gasteiger partial charge is 0.232 e. The van der Waals surface area contributed by atoms with Crippen LogP contribution in [0.3, 0.4) is 0 Å². The molecule has 2 heterocycles. The summed E-state index contributed by atoms with van der Waals surface area (Å²) in [5.74, 6) is 0.453. The van der Waals surface area contributed by atoms with Crippen molar-refractivity contribution in [1.82, 2.24) is 9.88 Å². The van der Waals surface area contributed by atoms with Crippen LogP contribution >= 0.6 is 23.1 Å². The summed E-state index contributed by atoms with van der Waals surface area (Å²) in [5, 5.41) is 0.477. The molecule has 1 aromatic rings. The van der Waals surface area contributed by atoms with E-state index in [0.29, 0.717) is 11.6 Å². The number of carbonyl (C=O) groups excluding carboxylic acids is 1. The number of nitrogen functional groups attached to an aromatic ring is 1. The number of thiazole rings is 1. The number of amides is 1. The first-order chi connectivity index (χ1) is 8.87. The minimum atomic E-state index is -2.96. The van der Waals surface area contributed by atoms with E-state index in [0.717, 1.165) is 4.21 Å². The number of thioether (sulfide) groups is 1. The van der Waals surface area contributed by atoms with Crippen LogP contribution in [-0.4, -0.2) is 54.6 Å². The molecule has 9 heteroatoms. The first-order valence-corrected chi connectivity index (χ1v) is 9.30. The van der Waals surface area contributed by atoms with Crippen LogP contribution in [0, 0.1) is 0 Å². The van der Waals surface area contributed by atoms with E-state index in [1.807, 2.05) is 0 Å². The fourth-order valence-corrected chi connectivity index (χ4v) is 5.31.